The Morgan fingerprint density at radius 2 is 1.87 bits per heavy atom. The molecule has 4 rings (SSSR count). The minimum Gasteiger partial charge on any atom is -0.444 e. The van der Waals surface area contributed by atoms with E-state index in [1.165, 1.54) is 6.92 Å². The van der Waals surface area contributed by atoms with Gasteiger partial charge in [-0.05, 0) is 37.3 Å². The number of amides is 1. The second-order valence-corrected chi connectivity index (χ2v) is 6.56. The number of nitrogens with zero attached hydrogens (tertiary/aromatic N) is 1. The van der Waals surface area contributed by atoms with E-state index in [2.05, 4.69) is 10.3 Å². The normalized spacial score (nSPS) is 11.0. The van der Waals surface area contributed by atoms with Crippen LogP contribution in [0.15, 0.2) is 62.5 Å². The average molecular weight is 411 g/mol. The van der Waals surface area contributed by atoms with Crippen molar-refractivity contribution in [3.63, 3.8) is 0 Å². The van der Waals surface area contributed by atoms with Gasteiger partial charge in [0.1, 0.15) is 22.8 Å². The molecule has 0 atom stereocenters. The quantitative estimate of drug-likeness (QED) is 0.540. The number of H-pyrrole nitrogens is 1. The van der Waals surface area contributed by atoms with E-state index in [0.29, 0.717) is 5.69 Å². The standard InChI is InChI=1S/C21H15F2N3O4/c1-11-16(18(27)24-10-12-9-13(22)7-8-15(12)23)17-19(30-11)25-21(29)26(20(17)28)14-5-3-2-4-6-14/h2-9H,10H2,1H3,(H,24,27)(H,25,29). The summed E-state index contributed by atoms with van der Waals surface area (Å²) >= 11 is 0. The fourth-order valence-electron chi connectivity index (χ4n) is 3.22. The topological polar surface area (TPSA) is 97.1 Å². The number of benzene rings is 2. The lowest BCUT2D eigenvalue weighted by Crippen LogP contribution is -2.34. The highest BCUT2D eigenvalue weighted by Crippen LogP contribution is 2.21. The number of para-hydroxylation sites is 1. The van der Waals surface area contributed by atoms with E-state index in [-0.39, 0.29) is 34.5 Å². The molecule has 0 unspecified atom stereocenters. The number of furan rings is 1. The highest BCUT2D eigenvalue weighted by molar-refractivity contribution is 6.06. The smallest absolute Gasteiger partial charge is 0.335 e. The fourth-order valence-corrected chi connectivity index (χ4v) is 3.22. The van der Waals surface area contributed by atoms with Crippen LogP contribution >= 0.6 is 0 Å². The van der Waals surface area contributed by atoms with E-state index in [0.717, 1.165) is 22.8 Å². The predicted molar refractivity (Wildman–Crippen MR) is 105 cm³/mol. The molecule has 2 aromatic heterocycles. The van der Waals surface area contributed by atoms with E-state index < -0.39 is 28.8 Å². The van der Waals surface area contributed by atoms with Crippen LogP contribution in [0, 0.1) is 18.6 Å². The van der Waals surface area contributed by atoms with Gasteiger partial charge in [-0.2, -0.15) is 0 Å². The first kappa shape index (κ1) is 19.3. The van der Waals surface area contributed by atoms with Crippen molar-refractivity contribution in [2.24, 2.45) is 0 Å². The molecule has 7 nitrogen and oxygen atoms in total. The van der Waals surface area contributed by atoms with Crippen molar-refractivity contribution in [2.45, 2.75) is 13.5 Å². The number of carbonyl (C=O) groups is 1. The number of aromatic amines is 1. The Morgan fingerprint density at radius 1 is 1.13 bits per heavy atom. The fraction of sp³-hybridized carbons (Fsp3) is 0.0952. The minimum absolute atomic E-state index is 0.0519. The van der Waals surface area contributed by atoms with Crippen LogP contribution in [0.2, 0.25) is 0 Å². The molecule has 152 valence electrons. The van der Waals surface area contributed by atoms with Gasteiger partial charge in [0.15, 0.2) is 0 Å². The summed E-state index contributed by atoms with van der Waals surface area (Å²) in [7, 11) is 0. The van der Waals surface area contributed by atoms with Gasteiger partial charge in [0.05, 0.1) is 11.3 Å². The first-order valence-corrected chi connectivity index (χ1v) is 8.93. The molecule has 4 aromatic rings. The Kier molecular flexibility index (Phi) is 4.78. The Balaban J connectivity index is 1.78. The minimum atomic E-state index is -0.737. The van der Waals surface area contributed by atoms with Gasteiger partial charge in [-0.1, -0.05) is 18.2 Å². The summed E-state index contributed by atoms with van der Waals surface area (Å²) in [5.74, 6) is -1.95. The lowest BCUT2D eigenvalue weighted by molar-refractivity contribution is 0.0950. The molecule has 2 N–H and O–H groups in total. The number of fused-ring (bicyclic) bond motifs is 1. The molecule has 0 aliphatic rings. The van der Waals surface area contributed by atoms with E-state index in [1.807, 2.05) is 0 Å². The number of rotatable bonds is 4. The summed E-state index contributed by atoms with van der Waals surface area (Å²) in [6, 6.07) is 11.1. The summed E-state index contributed by atoms with van der Waals surface area (Å²) in [4.78, 5) is 40.7. The monoisotopic (exact) mass is 411 g/mol. The molecular formula is C21H15F2N3O4. The van der Waals surface area contributed by atoms with Gasteiger partial charge in [0.25, 0.3) is 11.5 Å². The summed E-state index contributed by atoms with van der Waals surface area (Å²) in [6.45, 7) is 1.16. The molecule has 2 aromatic carbocycles. The van der Waals surface area contributed by atoms with E-state index in [9.17, 15) is 23.2 Å². The zero-order valence-electron chi connectivity index (χ0n) is 15.7. The van der Waals surface area contributed by atoms with Crippen LogP contribution in [0.3, 0.4) is 0 Å². The molecule has 0 fully saturated rings. The van der Waals surface area contributed by atoms with Crippen LogP contribution < -0.4 is 16.6 Å². The highest BCUT2D eigenvalue weighted by atomic mass is 19.1. The van der Waals surface area contributed by atoms with Crippen LogP contribution in [0.5, 0.6) is 0 Å². The molecule has 0 aliphatic carbocycles. The van der Waals surface area contributed by atoms with Crippen LogP contribution in [0.25, 0.3) is 16.8 Å². The molecular weight excluding hydrogens is 396 g/mol. The van der Waals surface area contributed by atoms with Gasteiger partial charge in [-0.15, -0.1) is 0 Å². The van der Waals surface area contributed by atoms with Crippen LogP contribution in [0.1, 0.15) is 21.7 Å². The summed E-state index contributed by atoms with van der Waals surface area (Å²) < 4.78 is 33.4. The van der Waals surface area contributed by atoms with Gasteiger partial charge in [0.2, 0.25) is 5.71 Å². The van der Waals surface area contributed by atoms with E-state index in [4.69, 9.17) is 4.42 Å². The van der Waals surface area contributed by atoms with Crippen LogP contribution in [0.4, 0.5) is 8.78 Å². The third-order valence-corrected chi connectivity index (χ3v) is 4.61. The van der Waals surface area contributed by atoms with E-state index in [1.54, 1.807) is 30.3 Å². The van der Waals surface area contributed by atoms with Gasteiger partial charge in [-0.3, -0.25) is 14.6 Å². The Bertz CT molecular complexity index is 1390. The molecule has 9 heteroatoms. The van der Waals surface area contributed by atoms with Crippen molar-refractivity contribution in [1.29, 1.82) is 0 Å². The second kappa shape index (κ2) is 7.43. The Labute approximate surface area is 167 Å². The molecule has 0 aliphatic heterocycles. The van der Waals surface area contributed by atoms with Crippen molar-refractivity contribution < 1.29 is 18.0 Å². The molecule has 1 amide bonds. The zero-order chi connectivity index (χ0) is 21.4. The summed E-state index contributed by atoms with van der Waals surface area (Å²) in [6.07, 6.45) is 0. The van der Waals surface area contributed by atoms with Crippen molar-refractivity contribution >= 4 is 17.0 Å². The third-order valence-electron chi connectivity index (χ3n) is 4.61. The first-order chi connectivity index (χ1) is 14.4. The lowest BCUT2D eigenvalue weighted by atomic mass is 10.1. The van der Waals surface area contributed by atoms with Crippen molar-refractivity contribution in [3.05, 3.63) is 97.9 Å². The zero-order valence-corrected chi connectivity index (χ0v) is 15.7. The first-order valence-electron chi connectivity index (χ1n) is 8.93. The largest absolute Gasteiger partial charge is 0.444 e. The number of aromatic nitrogens is 2. The Morgan fingerprint density at radius 3 is 2.60 bits per heavy atom. The predicted octanol–water partition coefficient (Wildman–Crippen LogP) is 2.79. The number of carbonyl (C=O) groups excluding carboxylic acids is 1. The van der Waals surface area contributed by atoms with Crippen LogP contribution in [-0.4, -0.2) is 15.5 Å². The average Bonchev–Trinajstić information content (AvgIpc) is 3.05. The SMILES string of the molecule is Cc1oc2[nH]c(=O)n(-c3ccccc3)c(=O)c2c1C(=O)NCc1cc(F)ccc1F. The van der Waals surface area contributed by atoms with Gasteiger partial charge in [0, 0.05) is 12.1 Å². The van der Waals surface area contributed by atoms with E-state index >= 15 is 0 Å². The molecule has 0 saturated carbocycles. The highest BCUT2D eigenvalue weighted by Gasteiger charge is 2.24. The summed E-state index contributed by atoms with van der Waals surface area (Å²) in [5.41, 5.74) is -1.42. The summed E-state index contributed by atoms with van der Waals surface area (Å²) in [5, 5.41) is 2.34. The maximum absolute atomic E-state index is 13.8. The van der Waals surface area contributed by atoms with Crippen molar-refractivity contribution in [1.82, 2.24) is 14.9 Å². The third kappa shape index (κ3) is 3.30. The maximum Gasteiger partial charge on any atom is 0.335 e. The van der Waals surface area contributed by atoms with Gasteiger partial charge < -0.3 is 9.73 Å². The lowest BCUT2D eigenvalue weighted by Gasteiger charge is -2.07. The maximum atomic E-state index is 13.8. The number of hydrogen-bond donors (Lipinski definition) is 2. The number of hydrogen-bond acceptors (Lipinski definition) is 4. The number of aryl methyl sites for hydroxylation is 1. The van der Waals surface area contributed by atoms with Gasteiger partial charge in [-0.25, -0.2) is 18.1 Å². The molecule has 0 bridgehead atoms. The van der Waals surface area contributed by atoms with Crippen LogP contribution in [-0.2, 0) is 6.54 Å². The number of halogens is 2. The van der Waals surface area contributed by atoms with Gasteiger partial charge >= 0.3 is 5.69 Å². The molecule has 0 saturated heterocycles. The molecule has 2 heterocycles. The second-order valence-electron chi connectivity index (χ2n) is 6.56. The molecule has 0 spiro atoms. The van der Waals surface area contributed by atoms with Crippen molar-refractivity contribution in [3.8, 4) is 5.69 Å². The molecule has 30 heavy (non-hydrogen) atoms. The van der Waals surface area contributed by atoms with Crippen molar-refractivity contribution in [2.75, 3.05) is 0 Å². The number of nitrogens with one attached hydrogen (secondary N) is 2. The molecule has 0 radical (unpaired) electrons. The Hall–Kier alpha value is -4.01.